The molecular weight excluding hydrogens is 200 g/mol. The summed E-state index contributed by atoms with van der Waals surface area (Å²) < 4.78 is 0. The van der Waals surface area contributed by atoms with Crippen LogP contribution in [0.15, 0.2) is 41.7 Å². The van der Waals surface area contributed by atoms with Crippen LogP contribution >= 0.6 is 0 Å². The average Bonchev–Trinajstić information content (AvgIpc) is 2.82. The van der Waals surface area contributed by atoms with Gasteiger partial charge in [-0.3, -0.25) is 9.98 Å². The summed E-state index contributed by atoms with van der Waals surface area (Å²) in [7, 11) is 0. The molecule has 0 spiro atoms. The lowest BCUT2D eigenvalue weighted by atomic mass is 10.1. The van der Waals surface area contributed by atoms with E-state index in [0.29, 0.717) is 0 Å². The molecule has 1 aromatic carbocycles. The van der Waals surface area contributed by atoms with Gasteiger partial charge in [-0.25, -0.2) is 0 Å². The molecule has 16 heavy (non-hydrogen) atoms. The summed E-state index contributed by atoms with van der Waals surface area (Å²) >= 11 is 0. The molecule has 0 fully saturated rings. The standard InChI is InChI=1S/C12H12N4/c1-2-9-4-5-13-8-10(9)11(3-1)16-12-14-6-7-15-12/h1-5,8H,6-7H2,(H2,14,15,16). The fourth-order valence-electron chi connectivity index (χ4n) is 1.83. The maximum atomic E-state index is 4.31. The zero-order valence-corrected chi connectivity index (χ0v) is 8.77. The number of hydrogen-bond acceptors (Lipinski definition) is 4. The Bertz CT molecular complexity index is 542. The summed E-state index contributed by atoms with van der Waals surface area (Å²) in [6.07, 6.45) is 3.67. The quantitative estimate of drug-likeness (QED) is 0.755. The van der Waals surface area contributed by atoms with Crippen LogP contribution < -0.4 is 10.6 Å². The van der Waals surface area contributed by atoms with Gasteiger partial charge in [0.05, 0.1) is 12.2 Å². The summed E-state index contributed by atoms with van der Waals surface area (Å²) in [5, 5.41) is 8.76. The second-order valence-corrected chi connectivity index (χ2v) is 3.68. The molecule has 80 valence electrons. The molecule has 2 heterocycles. The van der Waals surface area contributed by atoms with E-state index < -0.39 is 0 Å². The molecule has 0 aliphatic carbocycles. The molecule has 2 aromatic rings. The first-order chi connectivity index (χ1) is 7.93. The fraction of sp³-hybridized carbons (Fsp3) is 0.167. The number of nitrogens with one attached hydrogen (secondary N) is 2. The topological polar surface area (TPSA) is 49.3 Å². The third-order valence-corrected chi connectivity index (χ3v) is 2.61. The molecule has 3 rings (SSSR count). The predicted molar refractivity (Wildman–Crippen MR) is 65.7 cm³/mol. The zero-order valence-electron chi connectivity index (χ0n) is 8.77. The number of guanidine groups is 1. The Morgan fingerprint density at radius 1 is 1.25 bits per heavy atom. The van der Waals surface area contributed by atoms with E-state index in [4.69, 9.17) is 0 Å². The zero-order chi connectivity index (χ0) is 10.8. The third kappa shape index (κ3) is 1.58. The average molecular weight is 212 g/mol. The van der Waals surface area contributed by atoms with Gasteiger partial charge in [-0.2, -0.15) is 0 Å². The summed E-state index contributed by atoms with van der Waals surface area (Å²) in [5.41, 5.74) is 1.04. The van der Waals surface area contributed by atoms with Crippen molar-refractivity contribution < 1.29 is 0 Å². The highest BCUT2D eigenvalue weighted by Gasteiger charge is 2.06. The van der Waals surface area contributed by atoms with Gasteiger partial charge in [-0.15, -0.1) is 0 Å². The molecule has 0 bridgehead atoms. The van der Waals surface area contributed by atoms with Crippen molar-refractivity contribution in [1.29, 1.82) is 0 Å². The number of aromatic nitrogens is 1. The van der Waals surface area contributed by atoms with Crippen LogP contribution in [0.3, 0.4) is 0 Å². The number of pyridine rings is 1. The SMILES string of the molecule is c1cc(NC2=NCCN2)c2cnccc2c1. The first-order valence-electron chi connectivity index (χ1n) is 5.31. The largest absolute Gasteiger partial charge is 0.354 e. The maximum absolute atomic E-state index is 4.31. The third-order valence-electron chi connectivity index (χ3n) is 2.61. The molecular formula is C12H12N4. The number of rotatable bonds is 1. The van der Waals surface area contributed by atoms with Crippen LogP contribution in [0.1, 0.15) is 0 Å². The molecule has 4 nitrogen and oxygen atoms in total. The highest BCUT2D eigenvalue weighted by atomic mass is 15.2. The van der Waals surface area contributed by atoms with Crippen molar-refractivity contribution in [3.63, 3.8) is 0 Å². The van der Waals surface area contributed by atoms with Crippen molar-refractivity contribution >= 4 is 22.4 Å². The summed E-state index contributed by atoms with van der Waals surface area (Å²) in [5.74, 6) is 0.844. The van der Waals surface area contributed by atoms with E-state index in [1.807, 2.05) is 24.4 Å². The molecule has 0 atom stereocenters. The van der Waals surface area contributed by atoms with Crippen LogP contribution in [-0.4, -0.2) is 24.0 Å². The summed E-state index contributed by atoms with van der Waals surface area (Å²) in [6, 6.07) is 8.14. The highest BCUT2D eigenvalue weighted by molar-refractivity contribution is 6.03. The van der Waals surface area contributed by atoms with Crippen molar-refractivity contribution in [1.82, 2.24) is 10.3 Å². The normalized spacial score (nSPS) is 14.6. The first-order valence-corrected chi connectivity index (χ1v) is 5.31. The number of fused-ring (bicyclic) bond motifs is 1. The Labute approximate surface area is 93.4 Å². The Morgan fingerprint density at radius 2 is 2.25 bits per heavy atom. The molecule has 1 aliphatic heterocycles. The van der Waals surface area contributed by atoms with Gasteiger partial charge in [0.2, 0.25) is 0 Å². The smallest absolute Gasteiger partial charge is 0.195 e. The maximum Gasteiger partial charge on any atom is 0.195 e. The number of aliphatic imine (C=N–C) groups is 1. The Morgan fingerprint density at radius 3 is 3.12 bits per heavy atom. The summed E-state index contributed by atoms with van der Waals surface area (Å²) in [6.45, 7) is 1.75. The Balaban J connectivity index is 2.02. The van der Waals surface area contributed by atoms with Crippen molar-refractivity contribution in [3.05, 3.63) is 36.7 Å². The van der Waals surface area contributed by atoms with Gasteiger partial charge in [0.25, 0.3) is 0 Å². The van der Waals surface area contributed by atoms with E-state index in [9.17, 15) is 0 Å². The van der Waals surface area contributed by atoms with Crippen molar-refractivity contribution in [2.75, 3.05) is 18.4 Å². The van der Waals surface area contributed by atoms with Gasteiger partial charge in [0, 0.05) is 24.3 Å². The van der Waals surface area contributed by atoms with Crippen LogP contribution in [0.25, 0.3) is 10.8 Å². The minimum Gasteiger partial charge on any atom is -0.354 e. The van der Waals surface area contributed by atoms with E-state index in [0.717, 1.165) is 30.1 Å². The lowest BCUT2D eigenvalue weighted by Gasteiger charge is -2.09. The van der Waals surface area contributed by atoms with Gasteiger partial charge in [-0.1, -0.05) is 12.1 Å². The Kier molecular flexibility index (Phi) is 2.18. The highest BCUT2D eigenvalue weighted by Crippen LogP contribution is 2.21. The van der Waals surface area contributed by atoms with Crippen LogP contribution in [-0.2, 0) is 0 Å². The lowest BCUT2D eigenvalue weighted by Crippen LogP contribution is -2.26. The molecule has 0 unspecified atom stereocenters. The fourth-order valence-corrected chi connectivity index (χ4v) is 1.83. The molecule has 0 amide bonds. The van der Waals surface area contributed by atoms with Gasteiger partial charge >= 0.3 is 0 Å². The van der Waals surface area contributed by atoms with Crippen molar-refractivity contribution in [2.45, 2.75) is 0 Å². The monoisotopic (exact) mass is 212 g/mol. The molecule has 4 heteroatoms. The van der Waals surface area contributed by atoms with E-state index >= 15 is 0 Å². The molecule has 2 N–H and O–H groups in total. The van der Waals surface area contributed by atoms with E-state index in [2.05, 4.69) is 26.7 Å². The Hall–Kier alpha value is -2.10. The molecule has 1 aromatic heterocycles. The van der Waals surface area contributed by atoms with Crippen LogP contribution in [0.5, 0.6) is 0 Å². The second kappa shape index (κ2) is 3.81. The van der Waals surface area contributed by atoms with Gasteiger partial charge < -0.3 is 10.6 Å². The molecule has 1 aliphatic rings. The van der Waals surface area contributed by atoms with Gasteiger partial charge in [-0.05, 0) is 17.5 Å². The minimum absolute atomic E-state index is 0.839. The number of benzene rings is 1. The minimum atomic E-state index is 0.839. The van der Waals surface area contributed by atoms with E-state index in [1.54, 1.807) is 6.20 Å². The predicted octanol–water partition coefficient (Wildman–Crippen LogP) is 1.61. The molecule has 0 saturated heterocycles. The number of hydrogen-bond donors (Lipinski definition) is 2. The lowest BCUT2D eigenvalue weighted by molar-refractivity contribution is 0.959. The van der Waals surface area contributed by atoms with E-state index in [-0.39, 0.29) is 0 Å². The number of nitrogens with zero attached hydrogens (tertiary/aromatic N) is 2. The van der Waals surface area contributed by atoms with E-state index in [1.165, 1.54) is 5.39 Å². The van der Waals surface area contributed by atoms with Crippen LogP contribution in [0.4, 0.5) is 5.69 Å². The van der Waals surface area contributed by atoms with Crippen LogP contribution in [0, 0.1) is 0 Å². The summed E-state index contributed by atoms with van der Waals surface area (Å²) in [4.78, 5) is 8.46. The van der Waals surface area contributed by atoms with Gasteiger partial charge in [0.1, 0.15) is 0 Å². The van der Waals surface area contributed by atoms with Crippen LogP contribution in [0.2, 0.25) is 0 Å². The van der Waals surface area contributed by atoms with Crippen molar-refractivity contribution in [2.24, 2.45) is 4.99 Å². The molecule has 0 saturated carbocycles. The second-order valence-electron chi connectivity index (χ2n) is 3.68. The number of anilines is 1. The van der Waals surface area contributed by atoms with Gasteiger partial charge in [0.15, 0.2) is 5.96 Å². The molecule has 0 radical (unpaired) electrons. The first kappa shape index (κ1) is 9.15. The van der Waals surface area contributed by atoms with Crippen molar-refractivity contribution in [3.8, 4) is 0 Å².